The Balaban J connectivity index is 1.73. The predicted octanol–water partition coefficient (Wildman–Crippen LogP) is 1.46. The molecule has 26 heavy (non-hydrogen) atoms. The second-order valence-corrected chi connectivity index (χ2v) is 6.98. The van der Waals surface area contributed by atoms with Crippen LogP contribution in [-0.4, -0.2) is 30.9 Å². The second-order valence-electron chi connectivity index (χ2n) is 6.98. The number of quaternary nitrogens is 1. The maximum Gasteiger partial charge on any atom is 0.282 e. The number of nitrogens with one attached hydrogen (secondary N) is 2. The van der Waals surface area contributed by atoms with Gasteiger partial charge in [-0.15, -0.1) is 0 Å². The Bertz CT molecular complexity index is 776. The van der Waals surface area contributed by atoms with Gasteiger partial charge in [0.05, 0.1) is 19.0 Å². The van der Waals surface area contributed by atoms with Crippen molar-refractivity contribution in [3.05, 3.63) is 54.6 Å². The fourth-order valence-corrected chi connectivity index (χ4v) is 3.62. The zero-order chi connectivity index (χ0) is 18.5. The van der Waals surface area contributed by atoms with E-state index in [1.54, 1.807) is 0 Å². The standard InChI is InChI=1S/C21H25N3O2/c1-15(24-13-7-10-17(14-24)20(22)25)21(26)23-19-12-6-5-11-18(19)16-8-3-2-4-9-16/h2-6,8-9,11-12,15,17H,7,10,13-14H2,1H3,(H2,22,25)(H,23,26)/p+1/t15-,17-/m0/s1. The molecule has 1 unspecified atom stereocenters. The summed E-state index contributed by atoms with van der Waals surface area (Å²) in [4.78, 5) is 25.4. The Morgan fingerprint density at radius 1 is 1.12 bits per heavy atom. The molecule has 5 nitrogen and oxygen atoms in total. The van der Waals surface area contributed by atoms with Crippen LogP contribution in [0.5, 0.6) is 0 Å². The minimum Gasteiger partial charge on any atom is -0.369 e. The number of para-hydroxylation sites is 1. The van der Waals surface area contributed by atoms with Crippen LogP contribution < -0.4 is 16.0 Å². The molecule has 0 spiro atoms. The summed E-state index contributed by atoms with van der Waals surface area (Å²) in [6, 6.07) is 17.6. The summed E-state index contributed by atoms with van der Waals surface area (Å²) < 4.78 is 0. The molecule has 0 radical (unpaired) electrons. The van der Waals surface area contributed by atoms with Crippen LogP contribution in [0.25, 0.3) is 11.1 Å². The van der Waals surface area contributed by atoms with Gasteiger partial charge in [0.2, 0.25) is 5.91 Å². The molecule has 2 aromatic carbocycles. The molecule has 1 heterocycles. The summed E-state index contributed by atoms with van der Waals surface area (Å²) in [6.07, 6.45) is 1.74. The summed E-state index contributed by atoms with van der Waals surface area (Å²) in [6.45, 7) is 3.43. The Kier molecular flexibility index (Phi) is 5.68. The van der Waals surface area contributed by atoms with Gasteiger partial charge in [0, 0.05) is 11.3 Å². The quantitative estimate of drug-likeness (QED) is 0.762. The van der Waals surface area contributed by atoms with E-state index in [0.717, 1.165) is 41.1 Å². The lowest BCUT2D eigenvalue weighted by atomic mass is 9.96. The fourth-order valence-electron chi connectivity index (χ4n) is 3.62. The number of carbonyl (C=O) groups excluding carboxylic acids is 2. The molecule has 0 aliphatic carbocycles. The van der Waals surface area contributed by atoms with Gasteiger partial charge in [-0.2, -0.15) is 0 Å². The minimum atomic E-state index is -0.260. The van der Waals surface area contributed by atoms with Crippen LogP contribution in [0, 0.1) is 5.92 Å². The lowest BCUT2D eigenvalue weighted by molar-refractivity contribution is -0.921. The van der Waals surface area contributed by atoms with Crippen molar-refractivity contribution in [3.8, 4) is 11.1 Å². The molecule has 2 aromatic rings. The molecule has 2 amide bonds. The van der Waals surface area contributed by atoms with Crippen molar-refractivity contribution in [3.63, 3.8) is 0 Å². The van der Waals surface area contributed by atoms with Crippen LogP contribution in [0.1, 0.15) is 19.8 Å². The van der Waals surface area contributed by atoms with E-state index >= 15 is 0 Å². The fraction of sp³-hybridized carbons (Fsp3) is 0.333. The first-order valence-electron chi connectivity index (χ1n) is 9.15. The number of rotatable bonds is 5. The Morgan fingerprint density at radius 2 is 1.81 bits per heavy atom. The van der Waals surface area contributed by atoms with Crippen molar-refractivity contribution in [1.82, 2.24) is 0 Å². The summed E-state index contributed by atoms with van der Waals surface area (Å²) >= 11 is 0. The highest BCUT2D eigenvalue weighted by Crippen LogP contribution is 2.27. The van der Waals surface area contributed by atoms with Crippen LogP contribution in [-0.2, 0) is 9.59 Å². The molecule has 3 atom stereocenters. The van der Waals surface area contributed by atoms with Gasteiger partial charge < -0.3 is 16.0 Å². The number of likely N-dealkylation sites (tertiary alicyclic amines) is 1. The van der Waals surface area contributed by atoms with Gasteiger partial charge in [0.1, 0.15) is 0 Å². The smallest absolute Gasteiger partial charge is 0.282 e. The predicted molar refractivity (Wildman–Crippen MR) is 103 cm³/mol. The van der Waals surface area contributed by atoms with Crippen molar-refractivity contribution in [2.45, 2.75) is 25.8 Å². The Hall–Kier alpha value is -2.66. The summed E-state index contributed by atoms with van der Waals surface area (Å²) in [5, 5.41) is 3.07. The average molecular weight is 352 g/mol. The molecular formula is C21H26N3O2+. The zero-order valence-electron chi connectivity index (χ0n) is 15.1. The van der Waals surface area contributed by atoms with E-state index in [2.05, 4.69) is 5.32 Å². The van der Waals surface area contributed by atoms with Crippen molar-refractivity contribution in [2.75, 3.05) is 18.4 Å². The van der Waals surface area contributed by atoms with Crippen molar-refractivity contribution < 1.29 is 14.5 Å². The molecule has 136 valence electrons. The van der Waals surface area contributed by atoms with Crippen LogP contribution in [0.15, 0.2) is 54.6 Å². The lowest BCUT2D eigenvalue weighted by Gasteiger charge is -2.32. The maximum absolute atomic E-state index is 12.8. The molecule has 4 N–H and O–H groups in total. The monoisotopic (exact) mass is 352 g/mol. The van der Waals surface area contributed by atoms with Gasteiger partial charge in [-0.3, -0.25) is 9.59 Å². The van der Waals surface area contributed by atoms with Gasteiger partial charge in [-0.05, 0) is 31.4 Å². The molecule has 0 aromatic heterocycles. The topological polar surface area (TPSA) is 76.6 Å². The molecule has 1 aliphatic rings. The Labute approximate surface area is 154 Å². The SMILES string of the molecule is C[C@@H](C(=O)Nc1ccccc1-c1ccccc1)[NH+]1CCC[C@H](C(N)=O)C1. The van der Waals surface area contributed by atoms with Gasteiger partial charge >= 0.3 is 0 Å². The molecular weight excluding hydrogens is 326 g/mol. The van der Waals surface area contributed by atoms with E-state index in [4.69, 9.17) is 5.73 Å². The molecule has 1 saturated heterocycles. The van der Waals surface area contributed by atoms with Crippen LogP contribution in [0.2, 0.25) is 0 Å². The number of nitrogens with two attached hydrogens (primary N) is 1. The van der Waals surface area contributed by atoms with E-state index < -0.39 is 0 Å². The number of hydrogen-bond donors (Lipinski definition) is 3. The van der Waals surface area contributed by atoms with Crippen LogP contribution in [0.3, 0.4) is 0 Å². The Morgan fingerprint density at radius 3 is 2.54 bits per heavy atom. The van der Waals surface area contributed by atoms with Gasteiger partial charge in [-0.25, -0.2) is 0 Å². The molecule has 1 fully saturated rings. The van der Waals surface area contributed by atoms with Crippen molar-refractivity contribution in [2.24, 2.45) is 11.7 Å². The third-order valence-electron chi connectivity index (χ3n) is 5.24. The van der Waals surface area contributed by atoms with Gasteiger partial charge in [-0.1, -0.05) is 48.5 Å². The van der Waals surface area contributed by atoms with E-state index in [1.807, 2.05) is 61.5 Å². The second kappa shape index (κ2) is 8.15. The number of amides is 2. The zero-order valence-corrected chi connectivity index (χ0v) is 15.1. The molecule has 0 saturated carbocycles. The summed E-state index contributed by atoms with van der Waals surface area (Å²) in [7, 11) is 0. The minimum absolute atomic E-state index is 0.0338. The van der Waals surface area contributed by atoms with Gasteiger partial charge in [0.25, 0.3) is 5.91 Å². The van der Waals surface area contributed by atoms with E-state index in [0.29, 0.717) is 6.54 Å². The van der Waals surface area contributed by atoms with Gasteiger partial charge in [0.15, 0.2) is 6.04 Å². The van der Waals surface area contributed by atoms with E-state index in [1.165, 1.54) is 0 Å². The first-order valence-corrected chi connectivity index (χ1v) is 9.15. The normalized spacial score (nSPS) is 21.0. The molecule has 5 heteroatoms. The van der Waals surface area contributed by atoms with Crippen LogP contribution >= 0.6 is 0 Å². The van der Waals surface area contributed by atoms with E-state index in [-0.39, 0.29) is 23.8 Å². The first kappa shape index (κ1) is 18.1. The lowest BCUT2D eigenvalue weighted by Crippen LogP contribution is -3.18. The first-order chi connectivity index (χ1) is 12.6. The largest absolute Gasteiger partial charge is 0.369 e. The third-order valence-corrected chi connectivity index (χ3v) is 5.24. The number of hydrogen-bond acceptors (Lipinski definition) is 2. The highest BCUT2D eigenvalue weighted by Gasteiger charge is 2.33. The summed E-state index contributed by atoms with van der Waals surface area (Å²) in [5.74, 6) is -0.427. The van der Waals surface area contributed by atoms with Crippen molar-refractivity contribution in [1.29, 1.82) is 0 Å². The number of anilines is 1. The molecule has 0 bridgehead atoms. The number of primary amides is 1. The number of carbonyl (C=O) groups is 2. The number of benzene rings is 2. The highest BCUT2D eigenvalue weighted by atomic mass is 16.2. The number of piperidine rings is 1. The van der Waals surface area contributed by atoms with Crippen molar-refractivity contribution >= 4 is 17.5 Å². The maximum atomic E-state index is 12.8. The van der Waals surface area contributed by atoms with Crippen LogP contribution in [0.4, 0.5) is 5.69 Å². The third kappa shape index (κ3) is 4.11. The van der Waals surface area contributed by atoms with E-state index in [9.17, 15) is 9.59 Å². The molecule has 3 rings (SSSR count). The summed E-state index contributed by atoms with van der Waals surface area (Å²) in [5.41, 5.74) is 8.33. The molecule has 1 aliphatic heterocycles. The highest BCUT2D eigenvalue weighted by molar-refractivity contribution is 5.97. The average Bonchev–Trinajstić information content (AvgIpc) is 2.68.